The van der Waals surface area contributed by atoms with Crippen molar-refractivity contribution in [3.05, 3.63) is 59.4 Å². The molecule has 23 heavy (non-hydrogen) atoms. The van der Waals surface area contributed by atoms with Crippen molar-refractivity contribution in [2.24, 2.45) is 0 Å². The number of ether oxygens (including phenoxy) is 1. The maximum Gasteiger partial charge on any atom is 0.119 e. The zero-order chi connectivity index (χ0) is 15.7. The number of fused-ring (bicyclic) bond motifs is 1. The molecule has 0 unspecified atom stereocenters. The van der Waals surface area contributed by atoms with Gasteiger partial charge in [-0.2, -0.15) is 0 Å². The smallest absolute Gasteiger partial charge is 0.119 e. The lowest BCUT2D eigenvalue weighted by molar-refractivity contribution is 0.308. The van der Waals surface area contributed by atoms with E-state index in [9.17, 15) is 0 Å². The first-order valence-corrected chi connectivity index (χ1v) is 8.47. The molecule has 4 heteroatoms. The number of rotatable bonds is 8. The van der Waals surface area contributed by atoms with Gasteiger partial charge in [-0.25, -0.2) is 0 Å². The Bertz CT molecular complexity index is 601. The van der Waals surface area contributed by atoms with Crippen molar-refractivity contribution in [1.82, 2.24) is 15.6 Å². The minimum atomic E-state index is 0.761. The van der Waals surface area contributed by atoms with E-state index in [-0.39, 0.29) is 0 Å². The number of pyridine rings is 1. The van der Waals surface area contributed by atoms with E-state index in [0.29, 0.717) is 0 Å². The van der Waals surface area contributed by atoms with Crippen LogP contribution in [0.1, 0.15) is 23.1 Å². The molecule has 0 spiro atoms. The predicted molar refractivity (Wildman–Crippen MR) is 92.8 cm³/mol. The fourth-order valence-corrected chi connectivity index (χ4v) is 2.83. The molecule has 2 N–H and O–H groups in total. The highest BCUT2D eigenvalue weighted by atomic mass is 16.5. The normalized spacial score (nSPS) is 13.6. The van der Waals surface area contributed by atoms with Gasteiger partial charge in [-0.15, -0.1) is 0 Å². The summed E-state index contributed by atoms with van der Waals surface area (Å²) >= 11 is 0. The van der Waals surface area contributed by atoms with Gasteiger partial charge < -0.3 is 15.4 Å². The van der Waals surface area contributed by atoms with E-state index in [2.05, 4.69) is 39.9 Å². The quantitative estimate of drug-likeness (QED) is 0.735. The Labute approximate surface area is 138 Å². The third-order valence-electron chi connectivity index (χ3n) is 4.14. The van der Waals surface area contributed by atoms with E-state index in [4.69, 9.17) is 4.74 Å². The third kappa shape index (κ3) is 5.05. The first-order valence-electron chi connectivity index (χ1n) is 8.47. The zero-order valence-corrected chi connectivity index (χ0v) is 13.6. The van der Waals surface area contributed by atoms with Crippen LogP contribution in [0, 0.1) is 0 Å². The third-order valence-corrected chi connectivity index (χ3v) is 4.14. The molecule has 0 amide bonds. The predicted octanol–water partition coefficient (Wildman–Crippen LogP) is 2.33. The zero-order valence-electron chi connectivity index (χ0n) is 13.6. The van der Waals surface area contributed by atoms with E-state index < -0.39 is 0 Å². The number of hydrogen-bond donors (Lipinski definition) is 2. The van der Waals surface area contributed by atoms with Crippen LogP contribution < -0.4 is 15.4 Å². The number of nitrogens with zero attached hydrogens (tertiary/aromatic N) is 1. The molecule has 1 aromatic carbocycles. The van der Waals surface area contributed by atoms with Gasteiger partial charge in [0.25, 0.3) is 0 Å². The summed E-state index contributed by atoms with van der Waals surface area (Å²) in [6.07, 6.45) is 6.88. The number of benzene rings is 1. The maximum atomic E-state index is 5.87. The molecule has 1 aliphatic rings. The van der Waals surface area contributed by atoms with Crippen LogP contribution in [0.25, 0.3) is 0 Å². The lowest BCUT2D eigenvalue weighted by Gasteiger charge is -2.18. The van der Waals surface area contributed by atoms with Gasteiger partial charge in [0.05, 0.1) is 6.61 Å². The van der Waals surface area contributed by atoms with Crippen LogP contribution in [0.15, 0.2) is 42.7 Å². The highest BCUT2D eigenvalue weighted by molar-refractivity contribution is 5.37. The summed E-state index contributed by atoms with van der Waals surface area (Å²) in [6.45, 7) is 4.78. The number of hydrogen-bond acceptors (Lipinski definition) is 4. The average Bonchev–Trinajstić information content (AvgIpc) is 2.61. The molecule has 0 saturated heterocycles. The monoisotopic (exact) mass is 311 g/mol. The summed E-state index contributed by atoms with van der Waals surface area (Å²) in [5.74, 6) is 1.00. The Balaban J connectivity index is 1.29. The Morgan fingerprint density at radius 2 is 2.17 bits per heavy atom. The van der Waals surface area contributed by atoms with E-state index >= 15 is 0 Å². The van der Waals surface area contributed by atoms with Gasteiger partial charge in [0, 0.05) is 18.9 Å². The minimum Gasteiger partial charge on any atom is -0.494 e. The SMILES string of the molecule is c1cncc(CCNCCCOc2ccc3c(c2)CCNC3)c1. The van der Waals surface area contributed by atoms with Gasteiger partial charge in [-0.1, -0.05) is 12.1 Å². The van der Waals surface area contributed by atoms with Crippen LogP contribution in [-0.4, -0.2) is 31.2 Å². The van der Waals surface area contributed by atoms with Crippen LogP contribution in [-0.2, 0) is 19.4 Å². The van der Waals surface area contributed by atoms with Gasteiger partial charge in [0.2, 0.25) is 0 Å². The van der Waals surface area contributed by atoms with Crippen LogP contribution in [0.2, 0.25) is 0 Å². The standard InChI is InChI=1S/C19H25N3O/c1-3-16(14-21-8-1)6-10-20-9-2-12-23-19-5-4-18-15-22-11-7-17(18)13-19/h1,3-5,8,13-14,20,22H,2,6-7,9-12,15H2. The topological polar surface area (TPSA) is 46.2 Å². The number of nitrogens with one attached hydrogen (secondary N) is 2. The molecule has 2 heterocycles. The first-order chi connectivity index (χ1) is 11.4. The molecule has 0 fully saturated rings. The van der Waals surface area contributed by atoms with Crippen LogP contribution in [0.3, 0.4) is 0 Å². The Kier molecular flexibility index (Phi) is 6.01. The van der Waals surface area contributed by atoms with Crippen LogP contribution >= 0.6 is 0 Å². The molecule has 1 aromatic heterocycles. The maximum absolute atomic E-state index is 5.87. The lowest BCUT2D eigenvalue weighted by Crippen LogP contribution is -2.23. The van der Waals surface area contributed by atoms with Crippen LogP contribution in [0.5, 0.6) is 5.75 Å². The summed E-state index contributed by atoms with van der Waals surface area (Å²) < 4.78 is 5.87. The second-order valence-electron chi connectivity index (χ2n) is 5.92. The molecule has 122 valence electrons. The molecular weight excluding hydrogens is 286 g/mol. The Morgan fingerprint density at radius 1 is 1.17 bits per heavy atom. The molecule has 0 aliphatic carbocycles. The summed E-state index contributed by atoms with van der Waals surface area (Å²) in [4.78, 5) is 4.13. The van der Waals surface area contributed by atoms with E-state index in [1.165, 1.54) is 16.7 Å². The van der Waals surface area contributed by atoms with Gasteiger partial charge in [0.15, 0.2) is 0 Å². The summed E-state index contributed by atoms with van der Waals surface area (Å²) in [6, 6.07) is 10.6. The van der Waals surface area contributed by atoms with Crippen molar-refractivity contribution < 1.29 is 4.74 Å². The van der Waals surface area contributed by atoms with Gasteiger partial charge >= 0.3 is 0 Å². The summed E-state index contributed by atoms with van der Waals surface area (Å²) in [5.41, 5.74) is 4.11. The second kappa shape index (κ2) is 8.65. The van der Waals surface area contributed by atoms with E-state index in [0.717, 1.165) is 57.8 Å². The molecule has 0 radical (unpaired) electrons. The van der Waals surface area contributed by atoms with Crippen molar-refractivity contribution in [1.29, 1.82) is 0 Å². The van der Waals surface area contributed by atoms with Crippen molar-refractivity contribution in [2.75, 3.05) is 26.2 Å². The lowest BCUT2D eigenvalue weighted by atomic mass is 10.0. The highest BCUT2D eigenvalue weighted by Crippen LogP contribution is 2.20. The van der Waals surface area contributed by atoms with Gasteiger partial charge in [-0.05, 0) is 73.8 Å². The molecule has 0 atom stereocenters. The minimum absolute atomic E-state index is 0.761. The van der Waals surface area contributed by atoms with Crippen LogP contribution in [0.4, 0.5) is 0 Å². The molecule has 2 aromatic rings. The Hall–Kier alpha value is -1.91. The number of aromatic nitrogens is 1. The highest BCUT2D eigenvalue weighted by Gasteiger charge is 2.09. The molecule has 3 rings (SSSR count). The second-order valence-corrected chi connectivity index (χ2v) is 5.92. The van der Waals surface area contributed by atoms with Crippen molar-refractivity contribution in [2.45, 2.75) is 25.8 Å². The molecule has 4 nitrogen and oxygen atoms in total. The van der Waals surface area contributed by atoms with E-state index in [1.807, 2.05) is 18.5 Å². The molecule has 0 bridgehead atoms. The van der Waals surface area contributed by atoms with Crippen molar-refractivity contribution in [3.8, 4) is 5.75 Å². The largest absolute Gasteiger partial charge is 0.494 e. The average molecular weight is 311 g/mol. The fourth-order valence-electron chi connectivity index (χ4n) is 2.83. The van der Waals surface area contributed by atoms with Gasteiger partial charge in [0.1, 0.15) is 5.75 Å². The van der Waals surface area contributed by atoms with E-state index in [1.54, 1.807) is 0 Å². The summed E-state index contributed by atoms with van der Waals surface area (Å²) in [7, 11) is 0. The summed E-state index contributed by atoms with van der Waals surface area (Å²) in [5, 5.41) is 6.85. The van der Waals surface area contributed by atoms with Crippen molar-refractivity contribution in [3.63, 3.8) is 0 Å². The van der Waals surface area contributed by atoms with Gasteiger partial charge in [-0.3, -0.25) is 4.98 Å². The fraction of sp³-hybridized carbons (Fsp3) is 0.421. The van der Waals surface area contributed by atoms with Crippen molar-refractivity contribution >= 4 is 0 Å². The molecular formula is C19H25N3O. The molecule has 0 saturated carbocycles. The molecule has 1 aliphatic heterocycles. The first kappa shape index (κ1) is 16.0. The Morgan fingerprint density at radius 3 is 3.09 bits per heavy atom.